The van der Waals surface area contributed by atoms with Crippen LogP contribution in [0.25, 0.3) is 0 Å². The van der Waals surface area contributed by atoms with Crippen LogP contribution in [-0.2, 0) is 4.79 Å². The van der Waals surface area contributed by atoms with E-state index in [1.54, 1.807) is 0 Å². The fourth-order valence-electron chi connectivity index (χ4n) is 2.85. The Morgan fingerprint density at radius 3 is 2.84 bits per heavy atom. The second-order valence-corrected chi connectivity index (χ2v) is 5.89. The summed E-state index contributed by atoms with van der Waals surface area (Å²) >= 11 is 0. The van der Waals surface area contributed by atoms with Gasteiger partial charge >= 0.3 is 0 Å². The van der Waals surface area contributed by atoms with Crippen LogP contribution in [0, 0.1) is 5.92 Å². The van der Waals surface area contributed by atoms with Gasteiger partial charge in [-0.25, -0.2) is 0 Å². The molecule has 0 fully saturated rings. The molecule has 19 heavy (non-hydrogen) atoms. The number of para-hydroxylation sites is 1. The van der Waals surface area contributed by atoms with Crippen LogP contribution in [-0.4, -0.2) is 18.5 Å². The molecule has 1 aromatic rings. The Bertz CT molecular complexity index is 442. The number of fused-ring (bicyclic) bond motifs is 1. The Labute approximate surface area is 115 Å². The highest BCUT2D eigenvalue weighted by Gasteiger charge is 2.26. The zero-order valence-electron chi connectivity index (χ0n) is 12.1. The lowest BCUT2D eigenvalue weighted by Gasteiger charge is -2.27. The van der Waals surface area contributed by atoms with E-state index in [1.165, 1.54) is 0 Å². The Morgan fingerprint density at radius 1 is 1.37 bits per heavy atom. The summed E-state index contributed by atoms with van der Waals surface area (Å²) in [6.07, 6.45) is 1.90. The van der Waals surface area contributed by atoms with Crippen molar-refractivity contribution in [3.63, 3.8) is 0 Å². The van der Waals surface area contributed by atoms with Crippen molar-refractivity contribution in [2.45, 2.75) is 45.6 Å². The van der Waals surface area contributed by atoms with E-state index in [-0.39, 0.29) is 17.9 Å². The molecule has 0 aromatic heterocycles. The zero-order valence-corrected chi connectivity index (χ0v) is 12.1. The van der Waals surface area contributed by atoms with Gasteiger partial charge in [0.1, 0.15) is 0 Å². The molecule has 1 heterocycles. The van der Waals surface area contributed by atoms with E-state index < -0.39 is 0 Å². The number of amides is 1. The average Bonchev–Trinajstić information content (AvgIpc) is 2.36. The van der Waals surface area contributed by atoms with E-state index in [0.717, 1.165) is 30.6 Å². The average molecular weight is 260 g/mol. The van der Waals surface area contributed by atoms with Gasteiger partial charge in [-0.3, -0.25) is 4.79 Å². The van der Waals surface area contributed by atoms with Crippen molar-refractivity contribution in [3.05, 3.63) is 29.8 Å². The lowest BCUT2D eigenvalue weighted by Crippen LogP contribution is -2.38. The Morgan fingerprint density at radius 2 is 2.11 bits per heavy atom. The van der Waals surface area contributed by atoms with Crippen LogP contribution in [0.5, 0.6) is 0 Å². The van der Waals surface area contributed by atoms with Crippen molar-refractivity contribution in [2.24, 2.45) is 5.92 Å². The first-order valence-corrected chi connectivity index (χ1v) is 7.21. The van der Waals surface area contributed by atoms with E-state index in [4.69, 9.17) is 0 Å². The number of rotatable bonds is 4. The van der Waals surface area contributed by atoms with Crippen LogP contribution in [0.2, 0.25) is 0 Å². The van der Waals surface area contributed by atoms with Crippen LogP contribution in [0.1, 0.15) is 45.1 Å². The summed E-state index contributed by atoms with van der Waals surface area (Å²) in [5.74, 6) is 0.768. The first-order valence-electron chi connectivity index (χ1n) is 7.21. The highest BCUT2D eigenvalue weighted by atomic mass is 16.1. The quantitative estimate of drug-likeness (QED) is 0.873. The highest BCUT2D eigenvalue weighted by molar-refractivity contribution is 5.86. The Balaban J connectivity index is 2.04. The van der Waals surface area contributed by atoms with Gasteiger partial charge in [0, 0.05) is 18.3 Å². The number of hydrogen-bond acceptors (Lipinski definition) is 2. The molecule has 1 aromatic carbocycles. The second kappa shape index (κ2) is 6.09. The molecule has 2 rings (SSSR count). The van der Waals surface area contributed by atoms with Gasteiger partial charge in [0.05, 0.1) is 5.92 Å². The maximum Gasteiger partial charge on any atom is 0.227 e. The maximum atomic E-state index is 12.4. The monoisotopic (exact) mass is 260 g/mol. The smallest absolute Gasteiger partial charge is 0.227 e. The van der Waals surface area contributed by atoms with E-state index >= 15 is 0 Å². The number of nitrogens with one attached hydrogen (secondary N) is 2. The van der Waals surface area contributed by atoms with E-state index in [9.17, 15) is 4.79 Å². The first kappa shape index (κ1) is 13.9. The van der Waals surface area contributed by atoms with Gasteiger partial charge in [-0.05, 0) is 37.3 Å². The summed E-state index contributed by atoms with van der Waals surface area (Å²) in [4.78, 5) is 12.4. The number of carbonyl (C=O) groups is 1. The molecule has 0 bridgehead atoms. The molecule has 3 nitrogen and oxygen atoms in total. The Kier molecular flexibility index (Phi) is 4.46. The van der Waals surface area contributed by atoms with Gasteiger partial charge < -0.3 is 10.6 Å². The minimum Gasteiger partial charge on any atom is -0.385 e. The summed E-state index contributed by atoms with van der Waals surface area (Å²) in [6, 6.07) is 8.36. The van der Waals surface area contributed by atoms with E-state index in [0.29, 0.717) is 5.92 Å². The zero-order chi connectivity index (χ0) is 13.8. The summed E-state index contributed by atoms with van der Waals surface area (Å²) in [7, 11) is 0. The predicted molar refractivity (Wildman–Crippen MR) is 79.3 cm³/mol. The minimum atomic E-state index is -0.00735. The van der Waals surface area contributed by atoms with Gasteiger partial charge in [-0.2, -0.15) is 0 Å². The van der Waals surface area contributed by atoms with Crippen LogP contribution in [0.4, 0.5) is 5.69 Å². The van der Waals surface area contributed by atoms with Crippen molar-refractivity contribution in [3.8, 4) is 0 Å². The standard InChI is InChI=1S/C16H24N2O/c1-11(2)10-12(3)18-16(19)14-8-9-17-15-7-5-4-6-13(14)15/h4-7,11-12,14,17H,8-10H2,1-3H3,(H,18,19). The molecule has 2 N–H and O–H groups in total. The molecule has 1 aliphatic heterocycles. The van der Waals surface area contributed by atoms with Crippen LogP contribution in [0.3, 0.4) is 0 Å². The molecule has 0 aliphatic carbocycles. The minimum absolute atomic E-state index is 0.00735. The fourth-order valence-corrected chi connectivity index (χ4v) is 2.85. The third-order valence-electron chi connectivity index (χ3n) is 3.61. The summed E-state index contributed by atoms with van der Waals surface area (Å²) in [5.41, 5.74) is 2.23. The molecule has 2 atom stereocenters. The van der Waals surface area contributed by atoms with Gasteiger partial charge in [-0.15, -0.1) is 0 Å². The van der Waals surface area contributed by atoms with Gasteiger partial charge in [0.25, 0.3) is 0 Å². The fraction of sp³-hybridized carbons (Fsp3) is 0.562. The van der Waals surface area contributed by atoms with Gasteiger partial charge in [-0.1, -0.05) is 32.0 Å². The van der Waals surface area contributed by atoms with Crippen LogP contribution >= 0.6 is 0 Å². The van der Waals surface area contributed by atoms with Crippen molar-refractivity contribution < 1.29 is 4.79 Å². The van der Waals surface area contributed by atoms with Crippen molar-refractivity contribution >= 4 is 11.6 Å². The number of anilines is 1. The number of hydrogen-bond donors (Lipinski definition) is 2. The molecule has 3 heteroatoms. The summed E-state index contributed by atoms with van der Waals surface area (Å²) in [6.45, 7) is 7.32. The second-order valence-electron chi connectivity index (χ2n) is 5.89. The van der Waals surface area contributed by atoms with E-state index in [1.807, 2.05) is 18.2 Å². The Hall–Kier alpha value is -1.51. The summed E-state index contributed by atoms with van der Waals surface area (Å²) in [5, 5.41) is 6.51. The van der Waals surface area contributed by atoms with E-state index in [2.05, 4.69) is 37.5 Å². The third kappa shape index (κ3) is 3.49. The molecule has 104 valence electrons. The number of carbonyl (C=O) groups excluding carboxylic acids is 1. The van der Waals surface area contributed by atoms with Gasteiger partial charge in [0.15, 0.2) is 0 Å². The topological polar surface area (TPSA) is 41.1 Å². The molecule has 0 saturated carbocycles. The largest absolute Gasteiger partial charge is 0.385 e. The molecular weight excluding hydrogens is 236 g/mol. The van der Waals surface area contributed by atoms with Crippen LogP contribution in [0.15, 0.2) is 24.3 Å². The first-order chi connectivity index (χ1) is 9.08. The van der Waals surface area contributed by atoms with Crippen molar-refractivity contribution in [1.82, 2.24) is 5.32 Å². The van der Waals surface area contributed by atoms with Crippen LogP contribution < -0.4 is 10.6 Å². The molecule has 0 radical (unpaired) electrons. The summed E-state index contributed by atoms with van der Waals surface area (Å²) < 4.78 is 0. The van der Waals surface area contributed by atoms with Crippen molar-refractivity contribution in [1.29, 1.82) is 0 Å². The molecule has 1 aliphatic rings. The number of benzene rings is 1. The predicted octanol–water partition coefficient (Wildman–Crippen LogP) is 3.14. The van der Waals surface area contributed by atoms with Crippen molar-refractivity contribution in [2.75, 3.05) is 11.9 Å². The lowest BCUT2D eigenvalue weighted by molar-refractivity contribution is -0.123. The third-order valence-corrected chi connectivity index (χ3v) is 3.61. The molecule has 1 amide bonds. The molecule has 0 spiro atoms. The SMILES string of the molecule is CC(C)CC(C)NC(=O)C1CCNc2ccccc21. The molecular formula is C16H24N2O. The normalized spacial score (nSPS) is 19.5. The van der Waals surface area contributed by atoms with Gasteiger partial charge in [0.2, 0.25) is 5.91 Å². The highest BCUT2D eigenvalue weighted by Crippen LogP contribution is 2.31. The molecule has 2 unspecified atom stereocenters. The molecule has 0 saturated heterocycles. The maximum absolute atomic E-state index is 12.4. The lowest BCUT2D eigenvalue weighted by atomic mass is 9.90.